The lowest BCUT2D eigenvalue weighted by molar-refractivity contribution is 0.149. The topological polar surface area (TPSA) is 51.4 Å². The number of rotatable bonds is 5. The van der Waals surface area contributed by atoms with Crippen molar-refractivity contribution in [2.75, 3.05) is 20.2 Å². The Morgan fingerprint density at radius 2 is 2.26 bits per heavy atom. The summed E-state index contributed by atoms with van der Waals surface area (Å²) in [6, 6.07) is 4.90. The molecule has 1 aliphatic rings. The highest BCUT2D eigenvalue weighted by Crippen LogP contribution is 2.32. The summed E-state index contributed by atoms with van der Waals surface area (Å²) in [5.41, 5.74) is 7.21. The summed E-state index contributed by atoms with van der Waals surface area (Å²) in [7, 11) is 1.64. The van der Waals surface area contributed by atoms with Gasteiger partial charge in [0.1, 0.15) is 0 Å². The molecule has 2 rings (SSSR count). The predicted octanol–water partition coefficient (Wildman–Crippen LogP) is 2.21. The van der Waals surface area contributed by atoms with E-state index < -0.39 is 0 Å². The number of likely N-dealkylation sites (tertiary alicyclic amines) is 1. The van der Waals surface area contributed by atoms with Gasteiger partial charge >= 0.3 is 0 Å². The number of hydrogen-bond acceptors (Lipinski definition) is 4. The average Bonchev–Trinajstić information content (AvgIpc) is 2.90. The Morgan fingerprint density at radius 3 is 2.79 bits per heavy atom. The summed E-state index contributed by atoms with van der Waals surface area (Å²) < 4.78 is 5.11. The summed E-state index contributed by atoms with van der Waals surface area (Å²) in [4.78, 5) is 6.85. The Labute approximate surface area is 116 Å². The predicted molar refractivity (Wildman–Crippen MR) is 77.2 cm³/mol. The fourth-order valence-corrected chi connectivity index (χ4v) is 3.09. The molecule has 0 bridgehead atoms. The van der Waals surface area contributed by atoms with E-state index in [-0.39, 0.29) is 6.04 Å². The average molecular weight is 263 g/mol. The lowest BCUT2D eigenvalue weighted by Gasteiger charge is -2.34. The Balaban J connectivity index is 2.18. The van der Waals surface area contributed by atoms with Gasteiger partial charge in [-0.2, -0.15) is 0 Å². The zero-order chi connectivity index (χ0) is 13.8. The Bertz CT molecular complexity index is 391. The number of methoxy groups -OCH3 is 1. The Kier molecular flexibility index (Phi) is 4.77. The first-order valence-corrected chi connectivity index (χ1v) is 7.13. The van der Waals surface area contributed by atoms with E-state index in [4.69, 9.17) is 10.5 Å². The van der Waals surface area contributed by atoms with Gasteiger partial charge in [-0.15, -0.1) is 0 Å². The fourth-order valence-electron chi connectivity index (χ4n) is 3.09. The number of pyridine rings is 1. The van der Waals surface area contributed by atoms with E-state index >= 15 is 0 Å². The van der Waals surface area contributed by atoms with Crippen LogP contribution in [-0.2, 0) is 0 Å². The monoisotopic (exact) mass is 263 g/mol. The van der Waals surface area contributed by atoms with Gasteiger partial charge in [0.2, 0.25) is 5.88 Å². The first-order chi connectivity index (χ1) is 9.17. The maximum Gasteiger partial charge on any atom is 0.212 e. The maximum absolute atomic E-state index is 6.02. The van der Waals surface area contributed by atoms with Crippen molar-refractivity contribution in [3.63, 3.8) is 0 Å². The van der Waals surface area contributed by atoms with Gasteiger partial charge in [0.05, 0.1) is 7.11 Å². The van der Waals surface area contributed by atoms with Crippen LogP contribution in [0.3, 0.4) is 0 Å². The van der Waals surface area contributed by atoms with E-state index in [1.54, 1.807) is 7.11 Å². The molecule has 4 nitrogen and oxygen atoms in total. The van der Waals surface area contributed by atoms with Crippen molar-refractivity contribution < 1.29 is 4.74 Å². The maximum atomic E-state index is 6.02. The molecule has 2 heterocycles. The van der Waals surface area contributed by atoms with E-state index in [2.05, 4.69) is 29.8 Å². The third-order valence-electron chi connectivity index (χ3n) is 4.09. The van der Waals surface area contributed by atoms with Crippen LogP contribution in [0, 0.1) is 5.92 Å². The summed E-state index contributed by atoms with van der Waals surface area (Å²) >= 11 is 0. The Hall–Kier alpha value is -1.13. The minimum atomic E-state index is 0.272. The van der Waals surface area contributed by atoms with Gasteiger partial charge in [-0.25, -0.2) is 4.98 Å². The van der Waals surface area contributed by atoms with Gasteiger partial charge in [0.25, 0.3) is 0 Å². The van der Waals surface area contributed by atoms with Crippen LogP contribution in [-0.4, -0.2) is 36.1 Å². The minimum Gasteiger partial charge on any atom is -0.481 e. The molecular weight excluding hydrogens is 238 g/mol. The lowest BCUT2D eigenvalue weighted by Crippen LogP contribution is -2.40. The molecule has 0 aliphatic carbocycles. The molecule has 4 heteroatoms. The van der Waals surface area contributed by atoms with Crippen LogP contribution >= 0.6 is 0 Å². The molecule has 1 fully saturated rings. The quantitative estimate of drug-likeness (QED) is 0.885. The molecule has 1 aromatic heterocycles. The third-order valence-corrected chi connectivity index (χ3v) is 4.09. The second-order valence-electron chi connectivity index (χ2n) is 5.58. The standard InChI is InChI=1S/C15H25N3O/c1-11(2)13-5-4-8-18(13)14(9-16)12-6-7-15(19-3)17-10-12/h6-7,10-11,13-14H,4-5,8-9,16H2,1-3H3. The van der Waals surface area contributed by atoms with Crippen molar-refractivity contribution in [1.82, 2.24) is 9.88 Å². The van der Waals surface area contributed by atoms with Gasteiger partial charge in [0, 0.05) is 30.9 Å². The van der Waals surface area contributed by atoms with Crippen LogP contribution < -0.4 is 10.5 Å². The zero-order valence-electron chi connectivity index (χ0n) is 12.2. The molecule has 106 valence electrons. The van der Waals surface area contributed by atoms with Gasteiger partial charge in [-0.05, 0) is 30.9 Å². The molecular formula is C15H25N3O. The smallest absolute Gasteiger partial charge is 0.212 e. The van der Waals surface area contributed by atoms with Crippen molar-refractivity contribution in [2.24, 2.45) is 11.7 Å². The molecule has 0 amide bonds. The second kappa shape index (κ2) is 6.35. The fraction of sp³-hybridized carbons (Fsp3) is 0.667. The number of nitrogens with zero attached hydrogens (tertiary/aromatic N) is 2. The normalized spacial score (nSPS) is 21.8. The summed E-state index contributed by atoms with van der Waals surface area (Å²) in [5, 5.41) is 0. The lowest BCUT2D eigenvalue weighted by atomic mass is 9.99. The zero-order valence-corrected chi connectivity index (χ0v) is 12.2. The largest absolute Gasteiger partial charge is 0.481 e. The molecule has 2 atom stereocenters. The van der Waals surface area contributed by atoms with Crippen molar-refractivity contribution in [3.05, 3.63) is 23.9 Å². The molecule has 0 aromatic carbocycles. The SMILES string of the molecule is COc1ccc(C(CN)N2CCCC2C(C)C)cn1. The third kappa shape index (κ3) is 3.07. The molecule has 0 saturated carbocycles. The molecule has 1 aliphatic heterocycles. The van der Waals surface area contributed by atoms with Crippen LogP contribution in [0.25, 0.3) is 0 Å². The van der Waals surface area contributed by atoms with Crippen LogP contribution in [0.5, 0.6) is 5.88 Å². The number of aromatic nitrogens is 1. The van der Waals surface area contributed by atoms with Crippen molar-refractivity contribution in [1.29, 1.82) is 0 Å². The van der Waals surface area contributed by atoms with Gasteiger partial charge in [0.15, 0.2) is 0 Å². The number of ether oxygens (including phenoxy) is 1. The summed E-state index contributed by atoms with van der Waals surface area (Å²) in [6.45, 7) is 6.36. The molecule has 2 N–H and O–H groups in total. The second-order valence-corrected chi connectivity index (χ2v) is 5.58. The van der Waals surface area contributed by atoms with Crippen molar-refractivity contribution >= 4 is 0 Å². The van der Waals surface area contributed by atoms with E-state index in [0.717, 1.165) is 6.54 Å². The van der Waals surface area contributed by atoms with Crippen LogP contribution in [0.15, 0.2) is 18.3 Å². The number of nitrogens with two attached hydrogens (primary N) is 1. The highest BCUT2D eigenvalue weighted by molar-refractivity contribution is 5.21. The first kappa shape index (κ1) is 14.3. The number of hydrogen-bond donors (Lipinski definition) is 1. The van der Waals surface area contributed by atoms with E-state index in [1.165, 1.54) is 18.4 Å². The van der Waals surface area contributed by atoms with E-state index in [0.29, 0.717) is 24.4 Å². The molecule has 0 spiro atoms. The van der Waals surface area contributed by atoms with Gasteiger partial charge in [-0.1, -0.05) is 19.9 Å². The van der Waals surface area contributed by atoms with E-state index in [1.807, 2.05) is 12.3 Å². The summed E-state index contributed by atoms with van der Waals surface area (Å²) in [6.07, 6.45) is 4.44. The molecule has 1 saturated heterocycles. The van der Waals surface area contributed by atoms with Crippen LogP contribution in [0.2, 0.25) is 0 Å². The van der Waals surface area contributed by atoms with Gasteiger partial charge < -0.3 is 10.5 Å². The highest BCUT2D eigenvalue weighted by Gasteiger charge is 2.32. The molecule has 1 aromatic rings. The van der Waals surface area contributed by atoms with E-state index in [9.17, 15) is 0 Å². The van der Waals surface area contributed by atoms with Crippen LogP contribution in [0.1, 0.15) is 38.3 Å². The van der Waals surface area contributed by atoms with Crippen molar-refractivity contribution in [2.45, 2.75) is 38.8 Å². The highest BCUT2D eigenvalue weighted by atomic mass is 16.5. The first-order valence-electron chi connectivity index (χ1n) is 7.13. The minimum absolute atomic E-state index is 0.272. The molecule has 2 unspecified atom stereocenters. The van der Waals surface area contributed by atoms with Crippen LogP contribution in [0.4, 0.5) is 0 Å². The molecule has 19 heavy (non-hydrogen) atoms. The molecule has 0 radical (unpaired) electrons. The Morgan fingerprint density at radius 1 is 1.47 bits per heavy atom. The summed E-state index contributed by atoms with van der Waals surface area (Å²) in [5.74, 6) is 1.32. The van der Waals surface area contributed by atoms with Crippen molar-refractivity contribution in [3.8, 4) is 5.88 Å². The van der Waals surface area contributed by atoms with Gasteiger partial charge in [-0.3, -0.25) is 4.90 Å².